The first-order valence-corrected chi connectivity index (χ1v) is 7.63. The predicted molar refractivity (Wildman–Crippen MR) is 66.8 cm³/mol. The molecule has 8 atom stereocenters. The van der Waals surface area contributed by atoms with Crippen LogP contribution in [0.1, 0.15) is 0 Å². The van der Waals surface area contributed by atoms with Crippen LogP contribution in [0.4, 0.5) is 0 Å². The largest absolute Gasteiger partial charge is 0.491 e. The van der Waals surface area contributed by atoms with Gasteiger partial charge in [-0.05, 0) is 0 Å². The smallest absolute Gasteiger partial charge is 0.394 e. The first-order valence-electron chi connectivity index (χ1n) is 6.17. The van der Waals surface area contributed by atoms with Crippen LogP contribution in [0, 0.1) is 0 Å². The van der Waals surface area contributed by atoms with E-state index in [0.29, 0.717) is 0 Å². The molecule has 9 N–H and O–H groups in total. The molecule has 1 rings (SSSR count). The Morgan fingerprint density at radius 2 is 1.45 bits per heavy atom. The third-order valence-electron chi connectivity index (χ3n) is 3.09. The van der Waals surface area contributed by atoms with Gasteiger partial charge in [-0.2, -0.15) is 0 Å². The zero-order chi connectivity index (χ0) is 17.1. The van der Waals surface area contributed by atoms with Crippen molar-refractivity contribution in [3.63, 3.8) is 0 Å². The first-order chi connectivity index (χ1) is 10.2. The van der Waals surface area contributed by atoms with Gasteiger partial charge in [0.2, 0.25) is 0 Å². The second kappa shape index (κ2) is 8.06. The van der Waals surface area contributed by atoms with Gasteiger partial charge >= 0.3 is 7.82 Å². The van der Waals surface area contributed by atoms with Gasteiger partial charge in [0.1, 0.15) is 42.7 Å². The second-order valence-corrected chi connectivity index (χ2v) is 6.28. The SMILES string of the molecule is NOP(=O)(OC[C@@H](O)CO)OC1[C@@H](O)[C@H](O)C(O)[C@H](O)[C@@H]1O. The Hall–Kier alpha value is -0.210. The highest BCUT2D eigenvalue weighted by atomic mass is 31.2. The Morgan fingerprint density at radius 3 is 1.86 bits per heavy atom. The van der Waals surface area contributed by atoms with Gasteiger partial charge in [-0.1, -0.05) is 0 Å². The number of hydrogen-bond acceptors (Lipinski definition) is 12. The zero-order valence-electron chi connectivity index (χ0n) is 11.2. The molecule has 0 saturated heterocycles. The van der Waals surface area contributed by atoms with E-state index >= 15 is 0 Å². The Morgan fingerprint density at radius 1 is 1.00 bits per heavy atom. The molecule has 0 aromatic rings. The summed E-state index contributed by atoms with van der Waals surface area (Å²) in [6.07, 6.45) is -12.8. The first kappa shape index (κ1) is 19.8. The van der Waals surface area contributed by atoms with E-state index in [9.17, 15) is 30.1 Å². The standard InChI is InChI=1S/C9H20NO11P/c10-21-22(18,19-2-3(12)1-11)20-9-7(16)5(14)4(13)6(15)8(9)17/h3-9,11-17H,1-2,10H2/t3-,4?,5-,6+,7-,8-,9?,22?/m0/s1. The van der Waals surface area contributed by atoms with E-state index in [0.717, 1.165) is 0 Å². The van der Waals surface area contributed by atoms with Gasteiger partial charge in [0, 0.05) is 0 Å². The fourth-order valence-corrected chi connectivity index (χ4v) is 2.86. The average molecular weight is 349 g/mol. The lowest BCUT2D eigenvalue weighted by molar-refractivity contribution is -0.220. The van der Waals surface area contributed by atoms with E-state index in [1.807, 2.05) is 0 Å². The quantitative estimate of drug-likeness (QED) is 0.161. The lowest BCUT2D eigenvalue weighted by Crippen LogP contribution is -2.64. The number of aliphatic hydroxyl groups excluding tert-OH is 7. The fourth-order valence-electron chi connectivity index (χ4n) is 1.79. The molecular formula is C9H20NO11P. The van der Waals surface area contributed by atoms with Crippen molar-refractivity contribution in [3.05, 3.63) is 0 Å². The minimum atomic E-state index is -4.60. The van der Waals surface area contributed by atoms with E-state index in [2.05, 4.69) is 9.15 Å². The van der Waals surface area contributed by atoms with Crippen LogP contribution in [-0.2, 0) is 18.2 Å². The van der Waals surface area contributed by atoms with Crippen molar-refractivity contribution < 1.29 is 54.0 Å². The topological polar surface area (TPSA) is 212 Å². The van der Waals surface area contributed by atoms with E-state index in [-0.39, 0.29) is 0 Å². The third kappa shape index (κ3) is 4.41. The molecule has 0 bridgehead atoms. The molecule has 1 aliphatic carbocycles. The van der Waals surface area contributed by atoms with Crippen LogP contribution in [-0.4, -0.2) is 91.7 Å². The lowest BCUT2D eigenvalue weighted by atomic mass is 9.85. The summed E-state index contributed by atoms with van der Waals surface area (Å²) in [5.74, 6) is 4.74. The van der Waals surface area contributed by atoms with Gasteiger partial charge < -0.3 is 35.7 Å². The van der Waals surface area contributed by atoms with E-state index in [1.54, 1.807) is 0 Å². The van der Waals surface area contributed by atoms with Crippen molar-refractivity contribution in [2.24, 2.45) is 5.90 Å². The minimum Gasteiger partial charge on any atom is -0.394 e. The number of phosphoric ester groups is 1. The van der Waals surface area contributed by atoms with Crippen molar-refractivity contribution in [2.45, 2.75) is 42.7 Å². The normalized spacial score (nSPS) is 40.2. The van der Waals surface area contributed by atoms with Crippen LogP contribution in [0.15, 0.2) is 0 Å². The highest BCUT2D eigenvalue weighted by Gasteiger charge is 2.51. The molecule has 1 saturated carbocycles. The summed E-state index contributed by atoms with van der Waals surface area (Å²) in [5, 5.41) is 65.5. The highest BCUT2D eigenvalue weighted by molar-refractivity contribution is 7.48. The van der Waals surface area contributed by atoms with Gasteiger partial charge in [0.15, 0.2) is 0 Å². The van der Waals surface area contributed by atoms with Crippen LogP contribution < -0.4 is 5.90 Å². The number of phosphoric acid groups is 1. The van der Waals surface area contributed by atoms with E-state index in [1.165, 1.54) is 0 Å². The Labute approximate surface area is 124 Å². The van der Waals surface area contributed by atoms with Gasteiger partial charge in [0.05, 0.1) is 13.2 Å². The highest BCUT2D eigenvalue weighted by Crippen LogP contribution is 2.50. The molecule has 1 aliphatic rings. The molecular weight excluding hydrogens is 329 g/mol. The summed E-state index contributed by atoms with van der Waals surface area (Å²) in [6, 6.07) is 0. The van der Waals surface area contributed by atoms with E-state index in [4.69, 9.17) is 20.6 Å². The predicted octanol–water partition coefficient (Wildman–Crippen LogP) is -4.44. The fraction of sp³-hybridized carbons (Fsp3) is 1.00. The van der Waals surface area contributed by atoms with Crippen LogP contribution in [0.25, 0.3) is 0 Å². The summed E-state index contributed by atoms with van der Waals surface area (Å²) >= 11 is 0. The number of aliphatic hydroxyl groups is 7. The van der Waals surface area contributed by atoms with Crippen LogP contribution in [0.5, 0.6) is 0 Å². The molecule has 0 heterocycles. The summed E-state index contributed by atoms with van der Waals surface area (Å²) in [6.45, 7) is -1.43. The molecule has 0 radical (unpaired) electrons. The molecule has 12 nitrogen and oxygen atoms in total. The Balaban J connectivity index is 2.82. The molecule has 13 heteroatoms. The molecule has 0 spiro atoms. The van der Waals surface area contributed by atoms with Crippen LogP contribution in [0.2, 0.25) is 0 Å². The lowest BCUT2D eigenvalue weighted by Gasteiger charge is -2.41. The van der Waals surface area contributed by atoms with Crippen molar-refractivity contribution in [1.82, 2.24) is 0 Å². The Kier molecular flexibility index (Phi) is 7.26. The summed E-state index contributed by atoms with van der Waals surface area (Å²) in [4.78, 5) is 0. The maximum absolute atomic E-state index is 12.0. The van der Waals surface area contributed by atoms with Crippen molar-refractivity contribution in [1.29, 1.82) is 0 Å². The van der Waals surface area contributed by atoms with Gasteiger partial charge in [-0.25, -0.2) is 15.1 Å². The summed E-state index contributed by atoms with van der Waals surface area (Å²) in [5.41, 5.74) is 0. The summed E-state index contributed by atoms with van der Waals surface area (Å²) in [7, 11) is -4.60. The second-order valence-electron chi connectivity index (χ2n) is 4.71. The number of nitrogens with two attached hydrogens (primary N) is 1. The zero-order valence-corrected chi connectivity index (χ0v) is 12.1. The molecule has 0 amide bonds. The molecule has 3 unspecified atom stereocenters. The molecule has 0 aromatic carbocycles. The van der Waals surface area contributed by atoms with Crippen LogP contribution in [0.3, 0.4) is 0 Å². The molecule has 1 fully saturated rings. The van der Waals surface area contributed by atoms with E-state index < -0.39 is 63.8 Å². The van der Waals surface area contributed by atoms with Crippen molar-refractivity contribution in [2.75, 3.05) is 13.2 Å². The average Bonchev–Trinajstić information content (AvgIpc) is 2.52. The maximum atomic E-state index is 12.0. The molecule has 0 aromatic heterocycles. The molecule has 132 valence electrons. The summed E-state index contributed by atoms with van der Waals surface area (Å²) < 4.78 is 25.3. The van der Waals surface area contributed by atoms with Crippen LogP contribution >= 0.6 is 7.82 Å². The third-order valence-corrected chi connectivity index (χ3v) is 4.31. The monoisotopic (exact) mass is 349 g/mol. The number of rotatable bonds is 7. The van der Waals surface area contributed by atoms with Gasteiger partial charge in [-0.15, -0.1) is 0 Å². The molecule has 22 heavy (non-hydrogen) atoms. The molecule has 0 aliphatic heterocycles. The minimum absolute atomic E-state index is 0.711. The van der Waals surface area contributed by atoms with Crippen molar-refractivity contribution >= 4 is 7.82 Å². The van der Waals surface area contributed by atoms with Gasteiger partial charge in [-0.3, -0.25) is 9.05 Å². The van der Waals surface area contributed by atoms with Crippen molar-refractivity contribution in [3.8, 4) is 0 Å². The Bertz CT molecular complexity index is 382. The van der Waals surface area contributed by atoms with Gasteiger partial charge in [0.25, 0.3) is 0 Å². The number of hydrogen-bond donors (Lipinski definition) is 8. The maximum Gasteiger partial charge on any atom is 0.491 e.